The van der Waals surface area contributed by atoms with E-state index < -0.39 is 27.4 Å². The molecule has 0 spiro atoms. The first kappa shape index (κ1) is 12.8. The molecule has 1 aliphatic rings. The van der Waals surface area contributed by atoms with Gasteiger partial charge >= 0.3 is 6.18 Å². The number of sulfonamides is 1. The van der Waals surface area contributed by atoms with Gasteiger partial charge in [-0.2, -0.15) is 13.2 Å². The molecule has 1 aliphatic carbocycles. The van der Waals surface area contributed by atoms with Crippen LogP contribution in [0.25, 0.3) is 0 Å². The zero-order chi connectivity index (χ0) is 11.7. The minimum atomic E-state index is -4.28. The van der Waals surface area contributed by atoms with E-state index in [-0.39, 0.29) is 12.8 Å². The fourth-order valence-corrected chi connectivity index (χ4v) is 3.19. The Morgan fingerprint density at radius 3 is 2.33 bits per heavy atom. The van der Waals surface area contributed by atoms with Crippen molar-refractivity contribution in [3.8, 4) is 0 Å². The maximum Gasteiger partial charge on any atom is 0.391 e. The fourth-order valence-electron chi connectivity index (χ4n) is 1.89. The topological polar surface area (TPSA) is 46.2 Å². The van der Waals surface area contributed by atoms with Crippen molar-refractivity contribution in [2.24, 2.45) is 5.92 Å². The van der Waals surface area contributed by atoms with Gasteiger partial charge in [-0.3, -0.25) is 0 Å². The SMILES string of the molecule is CNS(=O)(=O)C1CCCC(C(F)(F)F)C1. The molecule has 0 amide bonds. The van der Waals surface area contributed by atoms with E-state index in [1.54, 1.807) is 0 Å². The number of hydrogen-bond donors (Lipinski definition) is 1. The van der Waals surface area contributed by atoms with Crippen molar-refractivity contribution in [1.29, 1.82) is 0 Å². The molecule has 7 heteroatoms. The Kier molecular flexibility index (Phi) is 3.65. The highest BCUT2D eigenvalue weighted by atomic mass is 32.2. The summed E-state index contributed by atoms with van der Waals surface area (Å²) >= 11 is 0. The molecule has 3 nitrogen and oxygen atoms in total. The van der Waals surface area contributed by atoms with Crippen LogP contribution in [0.4, 0.5) is 13.2 Å². The van der Waals surface area contributed by atoms with Crippen molar-refractivity contribution >= 4 is 10.0 Å². The van der Waals surface area contributed by atoms with E-state index >= 15 is 0 Å². The lowest BCUT2D eigenvalue weighted by molar-refractivity contribution is -0.181. The summed E-state index contributed by atoms with van der Waals surface area (Å²) in [6.45, 7) is 0. The molecule has 0 heterocycles. The fraction of sp³-hybridized carbons (Fsp3) is 1.00. The summed E-state index contributed by atoms with van der Waals surface area (Å²) in [5.41, 5.74) is 0. The zero-order valence-electron chi connectivity index (χ0n) is 8.34. The lowest BCUT2D eigenvalue weighted by Crippen LogP contribution is -2.39. The van der Waals surface area contributed by atoms with Crippen LogP contribution < -0.4 is 4.72 Å². The normalized spacial score (nSPS) is 29.1. The van der Waals surface area contributed by atoms with Crippen LogP contribution in [-0.4, -0.2) is 26.9 Å². The van der Waals surface area contributed by atoms with Crippen LogP contribution in [0.3, 0.4) is 0 Å². The van der Waals surface area contributed by atoms with E-state index in [4.69, 9.17) is 0 Å². The molecule has 15 heavy (non-hydrogen) atoms. The molecule has 1 N–H and O–H groups in total. The van der Waals surface area contributed by atoms with E-state index in [9.17, 15) is 21.6 Å². The number of hydrogen-bond acceptors (Lipinski definition) is 2. The summed E-state index contributed by atoms with van der Waals surface area (Å²) < 4.78 is 62.0. The molecule has 0 aromatic rings. The van der Waals surface area contributed by atoms with Gasteiger partial charge in [0.1, 0.15) is 0 Å². The van der Waals surface area contributed by atoms with Gasteiger partial charge in [0.25, 0.3) is 0 Å². The molecule has 0 aliphatic heterocycles. The summed E-state index contributed by atoms with van der Waals surface area (Å²) in [6, 6.07) is 0. The highest BCUT2D eigenvalue weighted by molar-refractivity contribution is 7.90. The second-order valence-electron chi connectivity index (χ2n) is 3.78. The Hall–Kier alpha value is -0.300. The smallest absolute Gasteiger partial charge is 0.218 e. The second-order valence-corrected chi connectivity index (χ2v) is 5.94. The average Bonchev–Trinajstić information content (AvgIpc) is 2.17. The number of rotatable bonds is 2. The highest BCUT2D eigenvalue weighted by Gasteiger charge is 2.44. The summed E-state index contributed by atoms with van der Waals surface area (Å²) in [7, 11) is -2.34. The highest BCUT2D eigenvalue weighted by Crippen LogP contribution is 2.39. The Bertz CT molecular complexity index is 312. The zero-order valence-corrected chi connectivity index (χ0v) is 9.16. The van der Waals surface area contributed by atoms with Gasteiger partial charge in [-0.25, -0.2) is 13.1 Å². The van der Waals surface area contributed by atoms with Crippen molar-refractivity contribution < 1.29 is 21.6 Å². The number of alkyl halides is 3. The van der Waals surface area contributed by atoms with Crippen LogP contribution in [0.5, 0.6) is 0 Å². The van der Waals surface area contributed by atoms with E-state index in [2.05, 4.69) is 4.72 Å². The Balaban J connectivity index is 2.73. The quantitative estimate of drug-likeness (QED) is 0.804. The maximum atomic E-state index is 12.4. The first-order valence-corrected chi connectivity index (χ1v) is 6.31. The standard InChI is InChI=1S/C8H14F3NO2S/c1-12-15(13,14)7-4-2-3-6(5-7)8(9,10)11/h6-7,12H,2-5H2,1H3. The van der Waals surface area contributed by atoms with E-state index in [0.29, 0.717) is 12.8 Å². The van der Waals surface area contributed by atoms with Gasteiger partial charge in [-0.05, 0) is 26.3 Å². The van der Waals surface area contributed by atoms with E-state index in [0.717, 1.165) is 0 Å². The van der Waals surface area contributed by atoms with Crippen LogP contribution >= 0.6 is 0 Å². The summed E-state index contributed by atoms with van der Waals surface area (Å²) in [5.74, 6) is -1.47. The minimum Gasteiger partial charge on any atom is -0.218 e. The third kappa shape index (κ3) is 3.07. The Morgan fingerprint density at radius 1 is 1.27 bits per heavy atom. The van der Waals surface area contributed by atoms with Gasteiger partial charge in [0.2, 0.25) is 10.0 Å². The molecule has 1 rings (SSSR count). The molecule has 0 aromatic carbocycles. The van der Waals surface area contributed by atoms with Crippen LogP contribution in [0, 0.1) is 5.92 Å². The molecule has 1 fully saturated rings. The van der Waals surface area contributed by atoms with Gasteiger partial charge in [0, 0.05) is 0 Å². The average molecular weight is 245 g/mol. The predicted molar refractivity (Wildman–Crippen MR) is 49.8 cm³/mol. The summed E-state index contributed by atoms with van der Waals surface area (Å²) in [5, 5.41) is -0.900. The van der Waals surface area contributed by atoms with Crippen molar-refractivity contribution in [2.75, 3.05) is 7.05 Å². The maximum absolute atomic E-state index is 12.4. The van der Waals surface area contributed by atoms with Crippen LogP contribution in [0.2, 0.25) is 0 Å². The summed E-state index contributed by atoms with van der Waals surface area (Å²) in [6.07, 6.45) is -3.92. The Labute approximate surface area is 87.1 Å². The first-order chi connectivity index (χ1) is 6.77. The Morgan fingerprint density at radius 2 is 1.87 bits per heavy atom. The van der Waals surface area contributed by atoms with Gasteiger partial charge in [-0.1, -0.05) is 6.42 Å². The van der Waals surface area contributed by atoms with Crippen LogP contribution in [0.15, 0.2) is 0 Å². The van der Waals surface area contributed by atoms with E-state index in [1.807, 2.05) is 0 Å². The van der Waals surface area contributed by atoms with Crippen molar-refractivity contribution in [3.05, 3.63) is 0 Å². The van der Waals surface area contributed by atoms with Crippen molar-refractivity contribution in [2.45, 2.75) is 37.1 Å². The predicted octanol–water partition coefficient (Wildman–Crippen LogP) is 1.66. The van der Waals surface area contributed by atoms with E-state index in [1.165, 1.54) is 7.05 Å². The second kappa shape index (κ2) is 4.29. The van der Waals surface area contributed by atoms with Gasteiger partial charge < -0.3 is 0 Å². The number of halogens is 3. The molecule has 0 radical (unpaired) electrons. The summed E-state index contributed by atoms with van der Waals surface area (Å²) in [4.78, 5) is 0. The van der Waals surface area contributed by atoms with Crippen molar-refractivity contribution in [3.63, 3.8) is 0 Å². The molecule has 0 bridgehead atoms. The van der Waals surface area contributed by atoms with Gasteiger partial charge in [0.05, 0.1) is 11.2 Å². The molecule has 2 atom stereocenters. The largest absolute Gasteiger partial charge is 0.391 e. The first-order valence-electron chi connectivity index (χ1n) is 4.76. The molecular weight excluding hydrogens is 231 g/mol. The lowest BCUT2D eigenvalue weighted by Gasteiger charge is -2.29. The third-order valence-corrected chi connectivity index (χ3v) is 4.69. The third-order valence-electron chi connectivity index (χ3n) is 2.81. The van der Waals surface area contributed by atoms with Crippen LogP contribution in [-0.2, 0) is 10.0 Å². The molecular formula is C8H14F3NO2S. The minimum absolute atomic E-state index is 0.0409. The lowest BCUT2D eigenvalue weighted by atomic mass is 9.88. The van der Waals surface area contributed by atoms with Gasteiger partial charge in [0.15, 0.2) is 0 Å². The molecule has 90 valence electrons. The molecule has 0 saturated heterocycles. The van der Waals surface area contributed by atoms with Crippen molar-refractivity contribution in [1.82, 2.24) is 4.72 Å². The van der Waals surface area contributed by atoms with Crippen LogP contribution in [0.1, 0.15) is 25.7 Å². The molecule has 2 unspecified atom stereocenters. The number of nitrogens with one attached hydrogen (secondary N) is 1. The van der Waals surface area contributed by atoms with Gasteiger partial charge in [-0.15, -0.1) is 0 Å². The monoisotopic (exact) mass is 245 g/mol. The molecule has 1 saturated carbocycles. The molecule has 0 aromatic heterocycles.